The molecule has 96 valence electrons. The van der Waals surface area contributed by atoms with Crippen molar-refractivity contribution >= 4 is 23.4 Å². The zero-order valence-electron chi connectivity index (χ0n) is 9.66. The number of benzene rings is 2. The first kappa shape index (κ1) is 13.9. The van der Waals surface area contributed by atoms with Crippen molar-refractivity contribution in [1.29, 1.82) is 5.26 Å². The maximum atomic E-state index is 13.4. The van der Waals surface area contributed by atoms with Crippen LogP contribution in [0.15, 0.2) is 41.3 Å². The Morgan fingerprint density at radius 2 is 1.95 bits per heavy atom. The molecule has 0 aliphatic rings. The van der Waals surface area contributed by atoms with Crippen molar-refractivity contribution in [3.05, 3.63) is 64.2 Å². The second-order valence-corrected chi connectivity index (χ2v) is 5.21. The smallest absolute Gasteiger partial charge is 0.136 e. The average molecular weight is 296 g/mol. The molecular formula is C14H8ClF2NS. The van der Waals surface area contributed by atoms with Gasteiger partial charge in [-0.1, -0.05) is 17.7 Å². The molecule has 0 radical (unpaired) electrons. The van der Waals surface area contributed by atoms with Gasteiger partial charge in [0.1, 0.15) is 11.6 Å². The van der Waals surface area contributed by atoms with Crippen LogP contribution in [0.4, 0.5) is 8.78 Å². The SMILES string of the molecule is N#Cc1ccc(CSc2cc(F)ccc2F)c(Cl)c1. The minimum absolute atomic E-state index is 0.237. The zero-order valence-corrected chi connectivity index (χ0v) is 11.2. The van der Waals surface area contributed by atoms with Crippen LogP contribution in [-0.4, -0.2) is 0 Å². The Kier molecular flexibility index (Phi) is 4.41. The minimum atomic E-state index is -0.477. The predicted octanol–water partition coefficient (Wildman–Crippen LogP) is 4.78. The molecule has 0 aromatic heterocycles. The summed E-state index contributed by atoms with van der Waals surface area (Å²) in [7, 11) is 0. The van der Waals surface area contributed by atoms with Crippen molar-refractivity contribution in [3.63, 3.8) is 0 Å². The molecule has 5 heteroatoms. The number of nitriles is 1. The molecule has 19 heavy (non-hydrogen) atoms. The van der Waals surface area contributed by atoms with Crippen LogP contribution in [0.5, 0.6) is 0 Å². The summed E-state index contributed by atoms with van der Waals surface area (Å²) in [6.07, 6.45) is 0. The average Bonchev–Trinajstić information content (AvgIpc) is 2.40. The number of thioether (sulfide) groups is 1. The van der Waals surface area contributed by atoms with Gasteiger partial charge in [-0.2, -0.15) is 5.26 Å². The fourth-order valence-electron chi connectivity index (χ4n) is 1.48. The van der Waals surface area contributed by atoms with Gasteiger partial charge in [0, 0.05) is 15.7 Å². The number of nitrogens with zero attached hydrogens (tertiary/aromatic N) is 1. The molecule has 0 atom stereocenters. The Balaban J connectivity index is 2.15. The van der Waals surface area contributed by atoms with Gasteiger partial charge in [-0.05, 0) is 35.9 Å². The topological polar surface area (TPSA) is 23.8 Å². The first-order valence-corrected chi connectivity index (χ1v) is 6.73. The molecular weight excluding hydrogens is 288 g/mol. The lowest BCUT2D eigenvalue weighted by molar-refractivity contribution is 0.577. The van der Waals surface area contributed by atoms with E-state index >= 15 is 0 Å². The monoisotopic (exact) mass is 295 g/mol. The molecule has 2 aromatic carbocycles. The maximum absolute atomic E-state index is 13.4. The first-order valence-electron chi connectivity index (χ1n) is 5.36. The second-order valence-electron chi connectivity index (χ2n) is 3.78. The highest BCUT2D eigenvalue weighted by Gasteiger charge is 2.07. The fourth-order valence-corrected chi connectivity index (χ4v) is 2.77. The van der Waals surface area contributed by atoms with E-state index < -0.39 is 11.6 Å². The second kappa shape index (κ2) is 6.05. The lowest BCUT2D eigenvalue weighted by Crippen LogP contribution is -1.87. The molecule has 0 fully saturated rings. The van der Waals surface area contributed by atoms with Crippen LogP contribution >= 0.6 is 23.4 Å². The summed E-state index contributed by atoms with van der Waals surface area (Å²) in [6.45, 7) is 0. The van der Waals surface area contributed by atoms with Crippen LogP contribution in [0.1, 0.15) is 11.1 Å². The van der Waals surface area contributed by atoms with Gasteiger partial charge in [-0.25, -0.2) is 8.78 Å². The van der Waals surface area contributed by atoms with Gasteiger partial charge < -0.3 is 0 Å². The van der Waals surface area contributed by atoms with Gasteiger partial charge in [0.05, 0.1) is 11.6 Å². The molecule has 2 aromatic rings. The van der Waals surface area contributed by atoms with Crippen LogP contribution in [0.2, 0.25) is 5.02 Å². The van der Waals surface area contributed by atoms with Crippen LogP contribution in [0.3, 0.4) is 0 Å². The Bertz CT molecular complexity index is 652. The quantitative estimate of drug-likeness (QED) is 0.761. The molecule has 0 N–H and O–H groups in total. The molecule has 0 heterocycles. The van der Waals surface area contributed by atoms with E-state index in [9.17, 15) is 8.78 Å². The van der Waals surface area contributed by atoms with Crippen LogP contribution < -0.4 is 0 Å². The minimum Gasteiger partial charge on any atom is -0.207 e. The summed E-state index contributed by atoms with van der Waals surface area (Å²) in [5.41, 5.74) is 1.24. The molecule has 0 saturated carbocycles. The van der Waals surface area contributed by atoms with Crippen molar-refractivity contribution in [2.24, 2.45) is 0 Å². The van der Waals surface area contributed by atoms with E-state index in [0.717, 1.165) is 35.5 Å². The van der Waals surface area contributed by atoms with Gasteiger partial charge in [-0.3, -0.25) is 0 Å². The Hall–Kier alpha value is -1.57. The van der Waals surface area contributed by atoms with Crippen molar-refractivity contribution in [1.82, 2.24) is 0 Å². The van der Waals surface area contributed by atoms with Crippen molar-refractivity contribution < 1.29 is 8.78 Å². The van der Waals surface area contributed by atoms with E-state index in [1.807, 2.05) is 6.07 Å². The van der Waals surface area contributed by atoms with Crippen LogP contribution in [0.25, 0.3) is 0 Å². The Labute approximate surface area is 118 Å². The lowest BCUT2D eigenvalue weighted by Gasteiger charge is -2.06. The molecule has 0 bridgehead atoms. The van der Waals surface area contributed by atoms with E-state index in [-0.39, 0.29) is 4.90 Å². The van der Waals surface area contributed by atoms with E-state index in [1.54, 1.807) is 18.2 Å². The van der Waals surface area contributed by atoms with E-state index in [2.05, 4.69) is 0 Å². The third-order valence-electron chi connectivity index (χ3n) is 2.46. The van der Waals surface area contributed by atoms with Crippen molar-refractivity contribution in [2.75, 3.05) is 0 Å². The third kappa shape index (κ3) is 3.46. The molecule has 0 saturated heterocycles. The molecule has 0 aliphatic carbocycles. The van der Waals surface area contributed by atoms with Gasteiger partial charge in [0.2, 0.25) is 0 Å². The van der Waals surface area contributed by atoms with Crippen molar-refractivity contribution in [2.45, 2.75) is 10.6 Å². The van der Waals surface area contributed by atoms with Crippen LogP contribution in [-0.2, 0) is 5.75 Å². The van der Waals surface area contributed by atoms with E-state index in [1.165, 1.54) is 0 Å². The first-order chi connectivity index (χ1) is 9.10. The summed E-state index contributed by atoms with van der Waals surface area (Å²) in [5, 5.41) is 9.17. The van der Waals surface area contributed by atoms with Gasteiger partial charge >= 0.3 is 0 Å². The zero-order chi connectivity index (χ0) is 13.8. The molecule has 0 spiro atoms. The maximum Gasteiger partial charge on any atom is 0.136 e. The molecule has 0 amide bonds. The number of hydrogen-bond acceptors (Lipinski definition) is 2. The fraction of sp³-hybridized carbons (Fsp3) is 0.0714. The van der Waals surface area contributed by atoms with Crippen molar-refractivity contribution in [3.8, 4) is 6.07 Å². The van der Waals surface area contributed by atoms with E-state index in [0.29, 0.717) is 16.3 Å². The van der Waals surface area contributed by atoms with Gasteiger partial charge in [0.25, 0.3) is 0 Å². The summed E-state index contributed by atoms with van der Waals surface area (Å²) < 4.78 is 26.4. The van der Waals surface area contributed by atoms with Crippen LogP contribution in [0, 0.1) is 23.0 Å². The van der Waals surface area contributed by atoms with E-state index in [4.69, 9.17) is 16.9 Å². The summed E-state index contributed by atoms with van der Waals surface area (Å²) >= 11 is 7.17. The number of hydrogen-bond donors (Lipinski definition) is 0. The largest absolute Gasteiger partial charge is 0.207 e. The lowest BCUT2D eigenvalue weighted by atomic mass is 10.2. The standard InChI is InChI=1S/C14H8ClF2NS/c15-12-5-9(7-18)1-2-10(12)8-19-14-6-11(16)3-4-13(14)17/h1-6H,8H2. The predicted molar refractivity (Wildman–Crippen MR) is 72.1 cm³/mol. The molecule has 0 aliphatic heterocycles. The number of rotatable bonds is 3. The van der Waals surface area contributed by atoms with Gasteiger partial charge in [-0.15, -0.1) is 11.8 Å². The highest BCUT2D eigenvalue weighted by atomic mass is 35.5. The Morgan fingerprint density at radius 1 is 1.16 bits per heavy atom. The summed E-state index contributed by atoms with van der Waals surface area (Å²) in [4.78, 5) is 0.237. The van der Waals surface area contributed by atoms with Gasteiger partial charge in [0.15, 0.2) is 0 Å². The molecule has 1 nitrogen and oxygen atoms in total. The Morgan fingerprint density at radius 3 is 2.63 bits per heavy atom. The highest BCUT2D eigenvalue weighted by Crippen LogP contribution is 2.29. The molecule has 2 rings (SSSR count). The number of halogens is 3. The summed E-state index contributed by atoms with van der Waals surface area (Å²) in [6, 6.07) is 10.2. The molecule has 0 unspecified atom stereocenters. The summed E-state index contributed by atoms with van der Waals surface area (Å²) in [5.74, 6) is -0.531. The normalized spacial score (nSPS) is 10.2. The highest BCUT2D eigenvalue weighted by molar-refractivity contribution is 7.98. The third-order valence-corrected chi connectivity index (χ3v) is 3.89.